The third-order valence-corrected chi connectivity index (χ3v) is 5.30. The summed E-state index contributed by atoms with van der Waals surface area (Å²) < 4.78 is 0. The van der Waals surface area contributed by atoms with Gasteiger partial charge in [0.1, 0.15) is 5.78 Å². The summed E-state index contributed by atoms with van der Waals surface area (Å²) in [4.78, 5) is 63.0. The molecule has 1 heterocycles. The lowest BCUT2D eigenvalue weighted by atomic mass is 10.0. The smallest absolute Gasteiger partial charge is 0.262 e. The van der Waals surface area contributed by atoms with Gasteiger partial charge in [-0.3, -0.25) is 24.1 Å². The monoisotopic (exact) mass is 420 g/mol. The number of hydrogen-bond acceptors (Lipinski definition) is 5. The van der Waals surface area contributed by atoms with Gasteiger partial charge in [-0.2, -0.15) is 0 Å². The highest BCUT2D eigenvalue weighted by Crippen LogP contribution is 2.29. The standard InChI is InChI=1S/C24H24N2O5/c1-14-6-4-7-17(12-14)22(29)25-13-18-8-5-9-19-21(18)24(31)26(23(19)30)20(16(3)28)11-10-15(2)27/h4-9,12,20H,10-11,13H2,1-3H3,(H,25,29). The first kappa shape index (κ1) is 22.1. The Balaban J connectivity index is 1.84. The van der Waals surface area contributed by atoms with Crippen molar-refractivity contribution in [2.75, 3.05) is 0 Å². The van der Waals surface area contributed by atoms with Gasteiger partial charge >= 0.3 is 0 Å². The molecule has 3 rings (SSSR count). The Morgan fingerprint density at radius 1 is 1.00 bits per heavy atom. The van der Waals surface area contributed by atoms with Crippen molar-refractivity contribution in [3.8, 4) is 0 Å². The van der Waals surface area contributed by atoms with E-state index in [-0.39, 0.29) is 48.0 Å². The average molecular weight is 420 g/mol. The van der Waals surface area contributed by atoms with Crippen molar-refractivity contribution >= 4 is 29.3 Å². The van der Waals surface area contributed by atoms with Crippen LogP contribution < -0.4 is 5.32 Å². The average Bonchev–Trinajstić information content (AvgIpc) is 2.97. The van der Waals surface area contributed by atoms with Gasteiger partial charge in [-0.15, -0.1) is 0 Å². The number of Topliss-reactive ketones (excluding diaryl/α,β-unsaturated/α-hetero) is 2. The van der Waals surface area contributed by atoms with Crippen LogP contribution >= 0.6 is 0 Å². The summed E-state index contributed by atoms with van der Waals surface area (Å²) in [6.45, 7) is 4.64. The fourth-order valence-corrected chi connectivity index (χ4v) is 3.72. The Labute approximate surface area is 180 Å². The van der Waals surface area contributed by atoms with Crippen LogP contribution in [0.5, 0.6) is 0 Å². The predicted molar refractivity (Wildman–Crippen MR) is 114 cm³/mol. The summed E-state index contributed by atoms with van der Waals surface area (Å²) in [6, 6.07) is 11.0. The molecule has 0 fully saturated rings. The first-order chi connectivity index (χ1) is 14.7. The molecule has 31 heavy (non-hydrogen) atoms. The Morgan fingerprint density at radius 3 is 2.35 bits per heavy atom. The molecule has 1 N–H and O–H groups in total. The van der Waals surface area contributed by atoms with Crippen molar-refractivity contribution in [1.29, 1.82) is 0 Å². The van der Waals surface area contributed by atoms with E-state index in [1.807, 2.05) is 13.0 Å². The number of benzene rings is 2. The van der Waals surface area contributed by atoms with E-state index in [0.29, 0.717) is 11.1 Å². The molecule has 0 bridgehead atoms. The van der Waals surface area contributed by atoms with Crippen molar-refractivity contribution in [3.63, 3.8) is 0 Å². The van der Waals surface area contributed by atoms with Crippen LogP contribution in [0.15, 0.2) is 42.5 Å². The third-order valence-electron chi connectivity index (χ3n) is 5.30. The molecule has 1 aliphatic rings. The van der Waals surface area contributed by atoms with E-state index in [1.165, 1.54) is 19.9 Å². The summed E-state index contributed by atoms with van der Waals surface area (Å²) >= 11 is 0. The molecule has 1 atom stereocenters. The van der Waals surface area contributed by atoms with Crippen LogP contribution in [0, 0.1) is 6.92 Å². The second-order valence-corrected chi connectivity index (χ2v) is 7.74. The molecule has 1 unspecified atom stereocenters. The molecule has 7 heteroatoms. The van der Waals surface area contributed by atoms with Gasteiger partial charge in [-0.05, 0) is 51.0 Å². The van der Waals surface area contributed by atoms with Crippen LogP contribution in [0.2, 0.25) is 0 Å². The maximum absolute atomic E-state index is 13.1. The first-order valence-corrected chi connectivity index (χ1v) is 10.0. The minimum Gasteiger partial charge on any atom is -0.348 e. The Hall–Kier alpha value is -3.61. The lowest BCUT2D eigenvalue weighted by Crippen LogP contribution is -2.44. The maximum Gasteiger partial charge on any atom is 0.262 e. The third kappa shape index (κ3) is 4.60. The zero-order valence-electron chi connectivity index (χ0n) is 17.7. The molecule has 2 aromatic carbocycles. The van der Waals surface area contributed by atoms with Gasteiger partial charge in [0.25, 0.3) is 17.7 Å². The molecule has 0 saturated carbocycles. The van der Waals surface area contributed by atoms with Gasteiger partial charge in [0.15, 0.2) is 5.78 Å². The highest BCUT2D eigenvalue weighted by molar-refractivity contribution is 6.23. The predicted octanol–water partition coefficient (Wildman–Crippen LogP) is 2.85. The van der Waals surface area contributed by atoms with E-state index in [9.17, 15) is 24.0 Å². The molecule has 0 spiro atoms. The topological polar surface area (TPSA) is 101 Å². The van der Waals surface area contributed by atoms with Crippen LogP contribution in [-0.4, -0.2) is 40.2 Å². The molecule has 1 aliphatic heterocycles. The number of hydrogen-bond donors (Lipinski definition) is 1. The lowest BCUT2D eigenvalue weighted by Gasteiger charge is -2.23. The van der Waals surface area contributed by atoms with Gasteiger partial charge in [-0.1, -0.05) is 29.8 Å². The fourth-order valence-electron chi connectivity index (χ4n) is 3.72. The fraction of sp³-hybridized carbons (Fsp3) is 0.292. The van der Waals surface area contributed by atoms with Crippen molar-refractivity contribution in [3.05, 3.63) is 70.3 Å². The Kier molecular flexibility index (Phi) is 6.44. The molecule has 7 nitrogen and oxygen atoms in total. The van der Waals surface area contributed by atoms with Gasteiger partial charge in [0, 0.05) is 18.5 Å². The van der Waals surface area contributed by atoms with Crippen LogP contribution in [0.1, 0.15) is 68.9 Å². The molecule has 0 radical (unpaired) electrons. The highest BCUT2D eigenvalue weighted by atomic mass is 16.2. The van der Waals surface area contributed by atoms with Crippen molar-refractivity contribution in [2.45, 2.75) is 46.2 Å². The Bertz CT molecular complexity index is 1090. The quantitative estimate of drug-likeness (QED) is 0.662. The number of aryl methyl sites for hydroxylation is 1. The summed E-state index contributed by atoms with van der Waals surface area (Å²) in [5.41, 5.74) is 2.32. The van der Waals surface area contributed by atoms with E-state index in [2.05, 4.69) is 5.32 Å². The summed E-state index contributed by atoms with van der Waals surface area (Å²) in [5, 5.41) is 2.78. The lowest BCUT2D eigenvalue weighted by molar-refractivity contribution is -0.121. The zero-order valence-corrected chi connectivity index (χ0v) is 17.7. The number of imide groups is 1. The molecule has 3 amide bonds. The maximum atomic E-state index is 13.1. The minimum absolute atomic E-state index is 0.0565. The van der Waals surface area contributed by atoms with E-state index >= 15 is 0 Å². The Morgan fingerprint density at radius 2 is 1.71 bits per heavy atom. The van der Waals surface area contributed by atoms with Gasteiger partial charge in [-0.25, -0.2) is 0 Å². The van der Waals surface area contributed by atoms with Crippen LogP contribution in [0.4, 0.5) is 0 Å². The molecule has 0 saturated heterocycles. The number of carbonyl (C=O) groups is 5. The largest absolute Gasteiger partial charge is 0.348 e. The van der Waals surface area contributed by atoms with E-state index in [4.69, 9.17) is 0 Å². The molecule has 160 valence electrons. The summed E-state index contributed by atoms with van der Waals surface area (Å²) in [7, 11) is 0. The van der Waals surface area contributed by atoms with Gasteiger partial charge in [0.2, 0.25) is 0 Å². The number of nitrogens with one attached hydrogen (secondary N) is 1. The second kappa shape index (κ2) is 9.04. The molecular weight excluding hydrogens is 396 g/mol. The number of ketones is 2. The first-order valence-electron chi connectivity index (χ1n) is 10.0. The van der Waals surface area contributed by atoms with Gasteiger partial charge < -0.3 is 10.1 Å². The van der Waals surface area contributed by atoms with Crippen LogP contribution in [0.25, 0.3) is 0 Å². The summed E-state index contributed by atoms with van der Waals surface area (Å²) in [5.74, 6) is -1.91. The molecule has 0 aliphatic carbocycles. The second-order valence-electron chi connectivity index (χ2n) is 7.74. The number of rotatable bonds is 8. The highest BCUT2D eigenvalue weighted by Gasteiger charge is 2.42. The zero-order chi connectivity index (χ0) is 22.7. The normalized spacial score (nSPS) is 13.7. The number of fused-ring (bicyclic) bond motifs is 1. The number of amides is 3. The number of carbonyl (C=O) groups excluding carboxylic acids is 5. The van der Waals surface area contributed by atoms with Crippen molar-refractivity contribution < 1.29 is 24.0 Å². The van der Waals surface area contributed by atoms with E-state index in [1.54, 1.807) is 30.3 Å². The summed E-state index contributed by atoms with van der Waals surface area (Å²) in [6.07, 6.45) is 0.187. The molecule has 2 aromatic rings. The van der Waals surface area contributed by atoms with Crippen LogP contribution in [-0.2, 0) is 16.1 Å². The molecule has 0 aromatic heterocycles. The van der Waals surface area contributed by atoms with Crippen molar-refractivity contribution in [2.24, 2.45) is 0 Å². The molecular formula is C24H24N2O5. The number of nitrogens with zero attached hydrogens (tertiary/aromatic N) is 1. The minimum atomic E-state index is -0.994. The van der Waals surface area contributed by atoms with Crippen LogP contribution in [0.3, 0.4) is 0 Å². The van der Waals surface area contributed by atoms with Crippen molar-refractivity contribution in [1.82, 2.24) is 10.2 Å². The van der Waals surface area contributed by atoms with E-state index < -0.39 is 17.9 Å². The van der Waals surface area contributed by atoms with E-state index in [0.717, 1.165) is 10.5 Å². The van der Waals surface area contributed by atoms with Gasteiger partial charge in [0.05, 0.1) is 17.2 Å². The SMILES string of the molecule is CC(=O)CCC(C(C)=O)N1C(=O)c2cccc(CNC(=O)c3cccc(C)c3)c2C1=O.